The molecule has 0 aliphatic carbocycles. The average molecular weight is 467 g/mol. The van der Waals surface area contributed by atoms with Crippen molar-refractivity contribution < 1.29 is 14.6 Å². The molecule has 1 aromatic heterocycles. The smallest absolute Gasteiger partial charge is 0.206 e. The van der Waals surface area contributed by atoms with Crippen LogP contribution in [0.25, 0.3) is 0 Å². The van der Waals surface area contributed by atoms with Crippen molar-refractivity contribution in [1.29, 1.82) is 0 Å². The lowest BCUT2D eigenvalue weighted by Gasteiger charge is -2.19. The van der Waals surface area contributed by atoms with Crippen LogP contribution >= 0.6 is 11.3 Å². The number of phenolic OH excluding ortho intramolecular Hbond substituents is 1. The van der Waals surface area contributed by atoms with Crippen LogP contribution in [0.1, 0.15) is 47.0 Å². The highest BCUT2D eigenvalue weighted by molar-refractivity contribution is 7.18. The molecule has 1 atom stereocenters. The van der Waals surface area contributed by atoms with Crippen LogP contribution in [0, 0.1) is 0 Å². The summed E-state index contributed by atoms with van der Waals surface area (Å²) >= 11 is 1.22. The minimum Gasteiger partial charge on any atom is -0.508 e. The molecule has 0 spiro atoms. The van der Waals surface area contributed by atoms with E-state index in [4.69, 9.17) is 10.5 Å². The van der Waals surface area contributed by atoms with Gasteiger partial charge >= 0.3 is 0 Å². The number of ether oxygens (including phenoxy) is 1. The first kappa shape index (κ1) is 23.1. The number of likely N-dealkylation sites (N-methyl/N-ethyl adjacent to an activating group) is 1. The van der Waals surface area contributed by atoms with Crippen molar-refractivity contribution in [1.82, 2.24) is 9.88 Å². The van der Waals surface area contributed by atoms with Gasteiger partial charge in [0, 0.05) is 17.3 Å². The monoisotopic (exact) mass is 466 g/mol. The van der Waals surface area contributed by atoms with Gasteiger partial charge in [-0.25, -0.2) is 4.98 Å². The minimum atomic E-state index is -0.198. The summed E-state index contributed by atoms with van der Waals surface area (Å²) in [6.45, 7) is 3.85. The molecule has 4 N–H and O–H groups in total. The van der Waals surface area contributed by atoms with E-state index in [1.165, 1.54) is 24.2 Å². The number of hydrogen-bond donors (Lipinski definition) is 3. The molecule has 1 aliphatic rings. The highest BCUT2D eigenvalue weighted by atomic mass is 32.1. The number of rotatable bonds is 9. The maximum absolute atomic E-state index is 13.0. The third kappa shape index (κ3) is 5.46. The molecule has 0 bridgehead atoms. The molecular formula is C25H30N4O3S. The van der Waals surface area contributed by atoms with E-state index in [1.807, 2.05) is 31.2 Å². The fourth-order valence-corrected chi connectivity index (χ4v) is 4.88. The van der Waals surface area contributed by atoms with Crippen LogP contribution in [0.5, 0.6) is 11.5 Å². The summed E-state index contributed by atoms with van der Waals surface area (Å²) in [5, 5.41) is 13.8. The van der Waals surface area contributed by atoms with Gasteiger partial charge in [-0.3, -0.25) is 4.79 Å². The summed E-state index contributed by atoms with van der Waals surface area (Å²) in [5.74, 6) is 1.02. The van der Waals surface area contributed by atoms with Crippen LogP contribution in [0.3, 0.4) is 0 Å². The molecule has 0 radical (unpaired) electrons. The van der Waals surface area contributed by atoms with Crippen molar-refractivity contribution in [2.45, 2.75) is 38.6 Å². The molecule has 1 unspecified atom stereocenters. The van der Waals surface area contributed by atoms with Gasteiger partial charge in [0.05, 0.1) is 0 Å². The van der Waals surface area contributed by atoms with E-state index >= 15 is 0 Å². The third-order valence-electron chi connectivity index (χ3n) is 5.94. The number of anilines is 3. The van der Waals surface area contributed by atoms with E-state index in [9.17, 15) is 9.90 Å². The van der Waals surface area contributed by atoms with Gasteiger partial charge in [0.2, 0.25) is 5.78 Å². The van der Waals surface area contributed by atoms with Gasteiger partial charge in [-0.1, -0.05) is 24.7 Å². The van der Waals surface area contributed by atoms with E-state index in [0.717, 1.165) is 30.0 Å². The molecule has 2 heterocycles. The Balaban J connectivity index is 1.41. The number of likely N-dealkylation sites (tertiary alicyclic amines) is 1. The Morgan fingerprint density at radius 3 is 2.79 bits per heavy atom. The number of nitrogen functional groups attached to an aromatic ring is 1. The number of nitrogens with one attached hydrogen (secondary N) is 1. The van der Waals surface area contributed by atoms with Crippen molar-refractivity contribution >= 4 is 33.8 Å². The molecule has 174 valence electrons. The Bertz CT molecular complexity index is 1110. The van der Waals surface area contributed by atoms with E-state index in [2.05, 4.69) is 22.2 Å². The highest BCUT2D eigenvalue weighted by Crippen LogP contribution is 2.31. The predicted octanol–water partition coefficient (Wildman–Crippen LogP) is 4.83. The van der Waals surface area contributed by atoms with Gasteiger partial charge in [0.25, 0.3) is 0 Å². The van der Waals surface area contributed by atoms with Crippen molar-refractivity contribution in [2.75, 3.05) is 31.2 Å². The molecule has 8 heteroatoms. The van der Waals surface area contributed by atoms with Crippen molar-refractivity contribution in [3.8, 4) is 11.5 Å². The fraction of sp³-hybridized carbons (Fsp3) is 0.360. The number of aromatic nitrogens is 1. The number of hydrogen-bond acceptors (Lipinski definition) is 8. The van der Waals surface area contributed by atoms with Crippen LogP contribution in [-0.2, 0) is 6.42 Å². The number of nitrogens with two attached hydrogens (primary N) is 1. The Labute approximate surface area is 198 Å². The maximum atomic E-state index is 13.0. The molecule has 1 saturated heterocycles. The minimum absolute atomic E-state index is 0.193. The molecule has 7 nitrogen and oxygen atoms in total. The molecule has 0 amide bonds. The number of nitrogens with zero attached hydrogens (tertiary/aromatic N) is 2. The quantitative estimate of drug-likeness (QED) is 0.388. The predicted molar refractivity (Wildman–Crippen MR) is 133 cm³/mol. The Morgan fingerprint density at radius 1 is 1.30 bits per heavy atom. The van der Waals surface area contributed by atoms with Gasteiger partial charge in [-0.2, -0.15) is 0 Å². The zero-order valence-corrected chi connectivity index (χ0v) is 19.8. The van der Waals surface area contributed by atoms with Crippen LogP contribution in [0.15, 0.2) is 42.5 Å². The standard InChI is InChI=1S/C25H30N4O3S/c1-3-5-16-14-17(7-12-21(16)30)22(31)23-24(26)28-25(33-23)27-18-8-10-20(11-9-18)32-15-19-6-4-13-29(19)2/h7-12,14,19,30H,3-6,13,15,26H2,1-2H3,(H,27,28). The first-order valence-corrected chi connectivity index (χ1v) is 12.1. The van der Waals surface area contributed by atoms with Gasteiger partial charge in [0.15, 0.2) is 5.13 Å². The number of aromatic hydroxyl groups is 1. The summed E-state index contributed by atoms with van der Waals surface area (Å²) in [7, 11) is 2.14. The summed E-state index contributed by atoms with van der Waals surface area (Å²) in [6, 6.07) is 13.1. The molecule has 0 saturated carbocycles. The maximum Gasteiger partial charge on any atom is 0.206 e. The van der Waals surface area contributed by atoms with Crippen molar-refractivity contribution in [3.63, 3.8) is 0 Å². The molecule has 1 aliphatic heterocycles. The third-order valence-corrected chi connectivity index (χ3v) is 6.93. The first-order chi connectivity index (χ1) is 15.9. The largest absolute Gasteiger partial charge is 0.508 e. The summed E-state index contributed by atoms with van der Waals surface area (Å²) in [5.41, 5.74) is 8.14. The van der Waals surface area contributed by atoms with Crippen molar-refractivity contribution in [2.24, 2.45) is 0 Å². The SMILES string of the molecule is CCCc1cc(C(=O)c2sc(Nc3ccc(OCC4CCCN4C)cc3)nc2N)ccc1O. The topological polar surface area (TPSA) is 101 Å². The summed E-state index contributed by atoms with van der Waals surface area (Å²) in [4.78, 5) is 20.1. The van der Waals surface area contributed by atoms with Crippen LogP contribution in [-0.4, -0.2) is 47.0 Å². The Morgan fingerprint density at radius 2 is 2.09 bits per heavy atom. The zero-order chi connectivity index (χ0) is 23.4. The summed E-state index contributed by atoms with van der Waals surface area (Å²) < 4.78 is 5.94. The normalized spacial score (nSPS) is 16.1. The second-order valence-electron chi connectivity index (χ2n) is 8.39. The second-order valence-corrected chi connectivity index (χ2v) is 9.39. The fourth-order valence-electron chi connectivity index (χ4n) is 4.02. The van der Waals surface area contributed by atoms with Gasteiger partial charge in [0.1, 0.15) is 28.8 Å². The number of carbonyl (C=O) groups excluding carboxylic acids is 1. The lowest BCUT2D eigenvalue weighted by Crippen LogP contribution is -2.30. The lowest BCUT2D eigenvalue weighted by molar-refractivity contribution is 0.104. The number of ketones is 1. The van der Waals surface area contributed by atoms with Gasteiger partial charge < -0.3 is 25.8 Å². The summed E-state index contributed by atoms with van der Waals surface area (Å²) in [6.07, 6.45) is 3.98. The number of aryl methyl sites for hydroxylation is 1. The Hall–Kier alpha value is -3.10. The number of carbonyl (C=O) groups is 1. The van der Waals surface area contributed by atoms with Crippen LogP contribution < -0.4 is 15.8 Å². The lowest BCUT2D eigenvalue weighted by atomic mass is 10.0. The number of phenols is 1. The molecule has 4 rings (SSSR count). The zero-order valence-electron chi connectivity index (χ0n) is 19.0. The molecule has 2 aromatic carbocycles. The molecule has 1 fully saturated rings. The van der Waals surface area contributed by atoms with Crippen LogP contribution in [0.4, 0.5) is 16.6 Å². The number of benzene rings is 2. The first-order valence-electron chi connectivity index (χ1n) is 11.3. The van der Waals surface area contributed by atoms with E-state index in [1.54, 1.807) is 18.2 Å². The number of thiazole rings is 1. The van der Waals surface area contributed by atoms with E-state index in [0.29, 0.717) is 34.6 Å². The molecule has 33 heavy (non-hydrogen) atoms. The average Bonchev–Trinajstić information content (AvgIpc) is 3.39. The van der Waals surface area contributed by atoms with E-state index < -0.39 is 0 Å². The molecule has 3 aromatic rings. The van der Waals surface area contributed by atoms with E-state index in [-0.39, 0.29) is 17.4 Å². The molecular weight excluding hydrogens is 436 g/mol. The van der Waals surface area contributed by atoms with Gasteiger partial charge in [-0.05, 0) is 80.9 Å². The second kappa shape index (κ2) is 10.2. The Kier molecular flexibility index (Phi) is 7.15. The highest BCUT2D eigenvalue weighted by Gasteiger charge is 2.21. The van der Waals surface area contributed by atoms with Crippen LogP contribution in [0.2, 0.25) is 0 Å². The van der Waals surface area contributed by atoms with Gasteiger partial charge in [-0.15, -0.1) is 0 Å². The van der Waals surface area contributed by atoms with Crippen molar-refractivity contribution in [3.05, 3.63) is 58.5 Å².